The molecule has 1 heterocycles. The molecule has 7 heteroatoms. The van der Waals surface area contributed by atoms with Crippen LogP contribution in [0.4, 0.5) is 11.4 Å². The third-order valence-corrected chi connectivity index (χ3v) is 6.37. The lowest BCUT2D eigenvalue weighted by atomic mass is 10.1. The molecule has 1 N–H and O–H groups in total. The molecule has 162 valence electrons. The van der Waals surface area contributed by atoms with Crippen LogP contribution in [-0.2, 0) is 16.0 Å². The van der Waals surface area contributed by atoms with Crippen molar-refractivity contribution >= 4 is 40.9 Å². The van der Waals surface area contributed by atoms with Crippen molar-refractivity contribution in [3.63, 3.8) is 0 Å². The van der Waals surface area contributed by atoms with E-state index >= 15 is 0 Å². The van der Waals surface area contributed by atoms with Crippen LogP contribution in [-0.4, -0.2) is 31.4 Å². The second-order valence-corrected chi connectivity index (χ2v) is 8.31. The molecule has 0 fully saturated rings. The number of carbonyl (C=O) groups is 3. The summed E-state index contributed by atoms with van der Waals surface area (Å²) in [6, 6.07) is 19.9. The van der Waals surface area contributed by atoms with E-state index < -0.39 is 5.97 Å². The van der Waals surface area contributed by atoms with E-state index in [1.165, 1.54) is 23.8 Å². The first-order chi connectivity index (χ1) is 15.5. The van der Waals surface area contributed by atoms with Gasteiger partial charge in [0.25, 0.3) is 5.91 Å². The van der Waals surface area contributed by atoms with Gasteiger partial charge in [-0.1, -0.05) is 49.0 Å². The van der Waals surface area contributed by atoms with Crippen LogP contribution in [0.2, 0.25) is 0 Å². The Morgan fingerprint density at radius 1 is 1.00 bits per heavy atom. The summed E-state index contributed by atoms with van der Waals surface area (Å²) < 4.78 is 4.84. The van der Waals surface area contributed by atoms with Crippen LogP contribution in [0.3, 0.4) is 0 Å². The van der Waals surface area contributed by atoms with Gasteiger partial charge in [-0.05, 0) is 48.4 Å². The molecular weight excluding hydrogens is 424 g/mol. The number of nitrogens with one attached hydrogen (secondary N) is 1. The summed E-state index contributed by atoms with van der Waals surface area (Å²) in [5.41, 5.74) is 3.05. The fourth-order valence-corrected chi connectivity index (χ4v) is 4.66. The van der Waals surface area contributed by atoms with Gasteiger partial charge in [0.2, 0.25) is 5.91 Å². The van der Waals surface area contributed by atoms with Gasteiger partial charge in [0, 0.05) is 15.5 Å². The lowest BCUT2D eigenvalue weighted by Gasteiger charge is -2.23. The molecule has 6 nitrogen and oxygen atoms in total. The number of hydrogen-bond donors (Lipinski definition) is 1. The average molecular weight is 447 g/mol. The van der Waals surface area contributed by atoms with Gasteiger partial charge in [0.15, 0.2) is 0 Å². The molecule has 0 aliphatic carbocycles. The largest absolute Gasteiger partial charge is 0.465 e. The molecule has 3 aromatic carbocycles. The van der Waals surface area contributed by atoms with Crippen molar-refractivity contribution < 1.29 is 19.1 Å². The number of para-hydroxylation sites is 1. The van der Waals surface area contributed by atoms with E-state index in [2.05, 4.69) is 5.32 Å². The molecule has 32 heavy (non-hydrogen) atoms. The van der Waals surface area contributed by atoms with Crippen molar-refractivity contribution in [2.45, 2.75) is 23.1 Å². The van der Waals surface area contributed by atoms with E-state index in [1.807, 2.05) is 43.3 Å². The first-order valence-electron chi connectivity index (χ1n) is 10.2. The first-order valence-corrected chi connectivity index (χ1v) is 11.0. The molecule has 0 bridgehead atoms. The zero-order chi connectivity index (χ0) is 22.7. The Morgan fingerprint density at radius 3 is 2.53 bits per heavy atom. The minimum Gasteiger partial charge on any atom is -0.465 e. The number of amides is 2. The van der Waals surface area contributed by atoms with Crippen LogP contribution in [0.15, 0.2) is 76.5 Å². The molecule has 4 rings (SSSR count). The second kappa shape index (κ2) is 9.28. The molecule has 0 unspecified atom stereocenters. The number of ether oxygens (including phenoxy) is 1. The Balaban J connectivity index is 1.72. The smallest absolute Gasteiger partial charge is 0.337 e. The van der Waals surface area contributed by atoms with Gasteiger partial charge in [-0.15, -0.1) is 0 Å². The summed E-state index contributed by atoms with van der Waals surface area (Å²) in [5, 5.41) is 2.92. The molecule has 0 saturated heterocycles. The fourth-order valence-electron chi connectivity index (χ4n) is 3.61. The van der Waals surface area contributed by atoms with Crippen LogP contribution in [0.1, 0.15) is 33.2 Å². The van der Waals surface area contributed by atoms with Crippen LogP contribution in [0.25, 0.3) is 0 Å². The number of benzene rings is 3. The standard InChI is InChI=1S/C25H22N2O4S/c1-3-16-8-4-6-10-19(16)26-23(28)15-27-20-14-17(25(30)31-2)12-13-22(20)32-21-11-7-5-9-18(21)24(27)29/h4-14H,3,15H2,1-2H3,(H,26,28). The number of rotatable bonds is 5. The van der Waals surface area contributed by atoms with Crippen molar-refractivity contribution in [1.29, 1.82) is 0 Å². The summed E-state index contributed by atoms with van der Waals surface area (Å²) in [6.07, 6.45) is 0.772. The Labute approximate surface area is 190 Å². The highest BCUT2D eigenvalue weighted by Crippen LogP contribution is 2.41. The molecule has 3 aromatic rings. The fraction of sp³-hybridized carbons (Fsp3) is 0.160. The van der Waals surface area contributed by atoms with Crippen molar-refractivity contribution in [2.75, 3.05) is 23.9 Å². The summed E-state index contributed by atoms with van der Waals surface area (Å²) in [4.78, 5) is 41.6. The van der Waals surface area contributed by atoms with Gasteiger partial charge in [-0.2, -0.15) is 0 Å². The summed E-state index contributed by atoms with van der Waals surface area (Å²) in [7, 11) is 1.31. The lowest BCUT2D eigenvalue weighted by Crippen LogP contribution is -2.38. The van der Waals surface area contributed by atoms with E-state index in [0.29, 0.717) is 16.8 Å². The molecule has 1 aliphatic heterocycles. The minimum atomic E-state index is -0.506. The summed E-state index contributed by atoms with van der Waals surface area (Å²) in [5.74, 6) is -1.13. The molecule has 0 saturated carbocycles. The monoisotopic (exact) mass is 446 g/mol. The number of fused-ring (bicyclic) bond motifs is 2. The van der Waals surface area contributed by atoms with Gasteiger partial charge in [-0.3, -0.25) is 14.5 Å². The first kappa shape index (κ1) is 21.6. The Kier molecular flexibility index (Phi) is 6.28. The predicted octanol–water partition coefficient (Wildman–Crippen LogP) is 4.79. The van der Waals surface area contributed by atoms with Crippen molar-refractivity contribution in [1.82, 2.24) is 0 Å². The number of nitrogens with zero attached hydrogens (tertiary/aromatic N) is 1. The molecule has 0 radical (unpaired) electrons. The van der Waals surface area contributed by atoms with E-state index in [1.54, 1.807) is 30.3 Å². The normalized spacial score (nSPS) is 12.4. The number of esters is 1. The van der Waals surface area contributed by atoms with Crippen LogP contribution in [0.5, 0.6) is 0 Å². The summed E-state index contributed by atoms with van der Waals surface area (Å²) >= 11 is 1.43. The molecule has 0 atom stereocenters. The van der Waals surface area contributed by atoms with Gasteiger partial charge in [-0.25, -0.2) is 4.79 Å². The maximum absolute atomic E-state index is 13.5. The Bertz CT molecular complexity index is 1210. The van der Waals surface area contributed by atoms with E-state index in [-0.39, 0.29) is 18.4 Å². The number of hydrogen-bond acceptors (Lipinski definition) is 5. The van der Waals surface area contributed by atoms with Crippen LogP contribution in [0, 0.1) is 0 Å². The third-order valence-electron chi connectivity index (χ3n) is 5.23. The van der Waals surface area contributed by atoms with Gasteiger partial charge >= 0.3 is 5.97 Å². The van der Waals surface area contributed by atoms with Crippen LogP contribution < -0.4 is 10.2 Å². The molecular formula is C25H22N2O4S. The van der Waals surface area contributed by atoms with Gasteiger partial charge in [0.1, 0.15) is 6.54 Å². The molecule has 0 spiro atoms. The number of aryl methyl sites for hydroxylation is 1. The average Bonchev–Trinajstić information content (AvgIpc) is 2.93. The van der Waals surface area contributed by atoms with E-state index in [0.717, 1.165) is 27.5 Å². The SMILES string of the molecule is CCc1ccccc1NC(=O)CN1C(=O)c2ccccc2Sc2ccc(C(=O)OC)cc21. The van der Waals surface area contributed by atoms with Gasteiger partial charge in [0.05, 0.1) is 23.9 Å². The van der Waals surface area contributed by atoms with Crippen molar-refractivity contribution in [3.05, 3.63) is 83.4 Å². The predicted molar refractivity (Wildman–Crippen MR) is 124 cm³/mol. The molecule has 2 amide bonds. The zero-order valence-electron chi connectivity index (χ0n) is 17.8. The topological polar surface area (TPSA) is 75.7 Å². The van der Waals surface area contributed by atoms with Crippen molar-refractivity contribution in [3.8, 4) is 0 Å². The highest BCUT2D eigenvalue weighted by molar-refractivity contribution is 7.99. The minimum absolute atomic E-state index is 0.191. The lowest BCUT2D eigenvalue weighted by molar-refractivity contribution is -0.114. The van der Waals surface area contributed by atoms with Gasteiger partial charge < -0.3 is 10.1 Å². The summed E-state index contributed by atoms with van der Waals surface area (Å²) in [6.45, 7) is 1.82. The maximum atomic E-state index is 13.5. The quantitative estimate of drug-likeness (QED) is 0.571. The Hall–Kier alpha value is -3.58. The second-order valence-electron chi connectivity index (χ2n) is 7.22. The Morgan fingerprint density at radius 2 is 1.75 bits per heavy atom. The number of methoxy groups -OCH3 is 1. The third kappa shape index (κ3) is 4.24. The maximum Gasteiger partial charge on any atom is 0.337 e. The van der Waals surface area contributed by atoms with Crippen LogP contribution >= 0.6 is 11.8 Å². The number of anilines is 2. The highest BCUT2D eigenvalue weighted by atomic mass is 32.2. The van der Waals surface area contributed by atoms with Crippen molar-refractivity contribution in [2.24, 2.45) is 0 Å². The van der Waals surface area contributed by atoms with E-state index in [4.69, 9.17) is 4.74 Å². The molecule has 1 aliphatic rings. The zero-order valence-corrected chi connectivity index (χ0v) is 18.6. The van der Waals surface area contributed by atoms with E-state index in [9.17, 15) is 14.4 Å². The molecule has 0 aromatic heterocycles. The number of carbonyl (C=O) groups excluding carboxylic acids is 3. The highest BCUT2D eigenvalue weighted by Gasteiger charge is 2.29.